The molecule has 1 aromatic carbocycles. The Morgan fingerprint density at radius 3 is 2.83 bits per heavy atom. The first kappa shape index (κ1) is 13.6. The van der Waals surface area contributed by atoms with Gasteiger partial charge >= 0.3 is 0 Å². The van der Waals surface area contributed by atoms with E-state index in [4.69, 9.17) is 16.3 Å². The molecule has 0 amide bonds. The van der Waals surface area contributed by atoms with Crippen molar-refractivity contribution in [3.8, 4) is 5.75 Å². The van der Waals surface area contributed by atoms with Crippen LogP contribution in [0, 0.1) is 0 Å². The van der Waals surface area contributed by atoms with Crippen molar-refractivity contribution < 1.29 is 13.5 Å². The third kappa shape index (κ3) is 3.56. The van der Waals surface area contributed by atoms with Crippen LogP contribution in [0.25, 0.3) is 0 Å². The summed E-state index contributed by atoms with van der Waals surface area (Å²) in [5.74, 6) is 1.22. The summed E-state index contributed by atoms with van der Waals surface area (Å²) in [6.45, 7) is 0.705. The number of hydrogen-bond donors (Lipinski definition) is 0. The summed E-state index contributed by atoms with van der Waals surface area (Å²) < 4.78 is 30.6. The van der Waals surface area contributed by atoms with E-state index in [1.165, 1.54) is 0 Å². The number of ether oxygens (including phenoxy) is 1. The molecule has 1 heterocycles. The largest absolute Gasteiger partial charge is 0.488 e. The first-order chi connectivity index (χ1) is 8.69. The molecular formula is C13H16ClF2NO. The van der Waals surface area contributed by atoms with Crippen LogP contribution in [-0.4, -0.2) is 42.9 Å². The first-order valence-electron chi connectivity index (χ1n) is 6.00. The van der Waals surface area contributed by atoms with Crippen molar-refractivity contribution in [3.63, 3.8) is 0 Å². The smallest absolute Gasteiger partial charge is 0.251 e. The van der Waals surface area contributed by atoms with Crippen LogP contribution in [0.15, 0.2) is 24.3 Å². The highest BCUT2D eigenvalue weighted by Crippen LogP contribution is 2.28. The molecule has 1 atom stereocenters. The Morgan fingerprint density at radius 2 is 2.17 bits per heavy atom. The fourth-order valence-electron chi connectivity index (χ4n) is 2.22. The van der Waals surface area contributed by atoms with Gasteiger partial charge in [-0.25, -0.2) is 8.78 Å². The zero-order valence-corrected chi connectivity index (χ0v) is 10.7. The molecule has 0 radical (unpaired) electrons. The van der Waals surface area contributed by atoms with Crippen LogP contribution in [0.2, 0.25) is 0 Å². The van der Waals surface area contributed by atoms with Crippen molar-refractivity contribution >= 4 is 11.6 Å². The first-order valence-corrected chi connectivity index (χ1v) is 6.53. The Bertz CT molecular complexity index is 364. The molecule has 5 heteroatoms. The number of hydrogen-bond acceptors (Lipinski definition) is 2. The summed E-state index contributed by atoms with van der Waals surface area (Å²) in [6.07, 6.45) is -1.61. The van der Waals surface area contributed by atoms with E-state index in [0.29, 0.717) is 19.0 Å². The summed E-state index contributed by atoms with van der Waals surface area (Å²) in [5.41, 5.74) is 1.14. The van der Waals surface area contributed by atoms with Gasteiger partial charge in [-0.05, 0) is 11.6 Å². The molecular weight excluding hydrogens is 260 g/mol. The van der Waals surface area contributed by atoms with Crippen LogP contribution in [0.1, 0.15) is 5.56 Å². The Morgan fingerprint density at radius 1 is 1.39 bits per heavy atom. The SMILES string of the molecule is FC(F)CN(CCCl)CC1Cc2ccccc2O1. The van der Waals surface area contributed by atoms with Crippen LogP contribution in [0.4, 0.5) is 8.78 Å². The predicted octanol–water partition coefficient (Wildman–Crippen LogP) is 2.80. The fraction of sp³-hybridized carbons (Fsp3) is 0.538. The molecule has 0 saturated heterocycles. The molecule has 1 aliphatic heterocycles. The lowest BCUT2D eigenvalue weighted by Crippen LogP contribution is -2.38. The highest BCUT2D eigenvalue weighted by atomic mass is 35.5. The van der Waals surface area contributed by atoms with Crippen LogP contribution in [-0.2, 0) is 6.42 Å². The number of nitrogens with zero attached hydrogens (tertiary/aromatic N) is 1. The fourth-order valence-corrected chi connectivity index (χ4v) is 2.45. The standard InChI is InChI=1S/C13H16ClF2NO/c14-5-6-17(9-13(15)16)8-11-7-10-3-1-2-4-12(10)18-11/h1-4,11,13H,5-9H2. The summed E-state index contributed by atoms with van der Waals surface area (Å²) >= 11 is 5.63. The van der Waals surface area contributed by atoms with Crippen molar-refractivity contribution in [2.75, 3.05) is 25.5 Å². The normalized spacial score (nSPS) is 18.2. The molecule has 0 N–H and O–H groups in total. The molecule has 0 aromatic heterocycles. The second-order valence-corrected chi connectivity index (χ2v) is 4.77. The minimum atomic E-state index is -2.34. The maximum atomic E-state index is 12.4. The van der Waals surface area contributed by atoms with Gasteiger partial charge in [-0.3, -0.25) is 4.90 Å². The molecule has 0 aliphatic carbocycles. The predicted molar refractivity (Wildman–Crippen MR) is 67.7 cm³/mol. The summed E-state index contributed by atoms with van der Waals surface area (Å²) in [4.78, 5) is 1.66. The zero-order valence-electron chi connectivity index (χ0n) is 9.99. The summed E-state index contributed by atoms with van der Waals surface area (Å²) in [7, 11) is 0. The number of benzene rings is 1. The minimum Gasteiger partial charge on any atom is -0.488 e. The number of fused-ring (bicyclic) bond motifs is 1. The van der Waals surface area contributed by atoms with E-state index >= 15 is 0 Å². The molecule has 0 saturated carbocycles. The molecule has 2 rings (SSSR count). The number of halogens is 3. The summed E-state index contributed by atoms with van der Waals surface area (Å²) in [5, 5.41) is 0. The van der Waals surface area contributed by atoms with Crippen molar-refractivity contribution in [1.29, 1.82) is 0 Å². The molecule has 0 spiro atoms. The lowest BCUT2D eigenvalue weighted by molar-refractivity contribution is 0.0702. The topological polar surface area (TPSA) is 12.5 Å². The number of rotatable bonds is 6. The van der Waals surface area contributed by atoms with Gasteiger partial charge in [-0.15, -0.1) is 11.6 Å². The van der Waals surface area contributed by atoms with Crippen LogP contribution in [0.3, 0.4) is 0 Å². The summed E-state index contributed by atoms with van der Waals surface area (Å²) in [6, 6.07) is 7.79. The lowest BCUT2D eigenvalue weighted by atomic mass is 10.1. The molecule has 1 aromatic rings. The molecule has 0 fully saturated rings. The van der Waals surface area contributed by atoms with E-state index in [-0.39, 0.29) is 12.6 Å². The monoisotopic (exact) mass is 275 g/mol. The van der Waals surface area contributed by atoms with Crippen LogP contribution in [0.5, 0.6) is 5.75 Å². The zero-order chi connectivity index (χ0) is 13.0. The van der Waals surface area contributed by atoms with E-state index in [1.807, 2.05) is 24.3 Å². The average Bonchev–Trinajstić information content (AvgIpc) is 2.70. The third-order valence-corrected chi connectivity index (χ3v) is 3.14. The Hall–Kier alpha value is -0.870. The number of alkyl halides is 3. The average molecular weight is 276 g/mol. The highest BCUT2D eigenvalue weighted by Gasteiger charge is 2.25. The molecule has 100 valence electrons. The van der Waals surface area contributed by atoms with E-state index < -0.39 is 6.43 Å². The van der Waals surface area contributed by atoms with Gasteiger partial charge in [0.05, 0.1) is 6.54 Å². The molecule has 1 aliphatic rings. The van der Waals surface area contributed by atoms with E-state index in [9.17, 15) is 8.78 Å². The van der Waals surface area contributed by atoms with Crippen molar-refractivity contribution in [2.24, 2.45) is 0 Å². The van der Waals surface area contributed by atoms with Gasteiger partial charge < -0.3 is 4.74 Å². The van der Waals surface area contributed by atoms with E-state index in [0.717, 1.165) is 17.7 Å². The maximum absolute atomic E-state index is 12.4. The minimum absolute atomic E-state index is 0.0515. The van der Waals surface area contributed by atoms with Gasteiger partial charge in [0, 0.05) is 25.4 Å². The van der Waals surface area contributed by atoms with Crippen molar-refractivity contribution in [1.82, 2.24) is 4.90 Å². The van der Waals surface area contributed by atoms with Gasteiger partial charge in [-0.2, -0.15) is 0 Å². The maximum Gasteiger partial charge on any atom is 0.251 e. The van der Waals surface area contributed by atoms with Gasteiger partial charge in [0.1, 0.15) is 11.9 Å². The van der Waals surface area contributed by atoms with E-state index in [2.05, 4.69) is 0 Å². The lowest BCUT2D eigenvalue weighted by Gasteiger charge is -2.23. The van der Waals surface area contributed by atoms with Gasteiger partial charge in [0.25, 0.3) is 6.43 Å². The van der Waals surface area contributed by atoms with E-state index in [1.54, 1.807) is 4.90 Å². The van der Waals surface area contributed by atoms with Crippen molar-refractivity contribution in [2.45, 2.75) is 19.0 Å². The third-order valence-electron chi connectivity index (χ3n) is 2.97. The Labute approximate surface area is 110 Å². The van der Waals surface area contributed by atoms with Gasteiger partial charge in [0.15, 0.2) is 0 Å². The second-order valence-electron chi connectivity index (χ2n) is 4.39. The van der Waals surface area contributed by atoms with Crippen LogP contribution >= 0.6 is 11.6 Å². The van der Waals surface area contributed by atoms with Gasteiger partial charge in [0.2, 0.25) is 0 Å². The molecule has 2 nitrogen and oxygen atoms in total. The highest BCUT2D eigenvalue weighted by molar-refractivity contribution is 6.18. The molecule has 1 unspecified atom stereocenters. The second kappa shape index (κ2) is 6.34. The molecule has 0 bridgehead atoms. The quantitative estimate of drug-likeness (QED) is 0.740. The van der Waals surface area contributed by atoms with Gasteiger partial charge in [-0.1, -0.05) is 18.2 Å². The Kier molecular flexibility index (Phi) is 4.78. The number of para-hydroxylation sites is 1. The van der Waals surface area contributed by atoms with Crippen molar-refractivity contribution in [3.05, 3.63) is 29.8 Å². The molecule has 18 heavy (non-hydrogen) atoms. The Balaban J connectivity index is 1.90. The van der Waals surface area contributed by atoms with Crippen LogP contribution < -0.4 is 4.74 Å².